The van der Waals surface area contributed by atoms with Crippen molar-refractivity contribution < 1.29 is 32.5 Å². The molecule has 0 spiro atoms. The zero-order chi connectivity index (χ0) is 22.6. The Labute approximate surface area is 184 Å². The molecular formula is C21H12Cl2F3NO4. The van der Waals surface area contributed by atoms with Gasteiger partial charge in [-0.15, -0.1) is 13.2 Å². The number of rotatable bonds is 6. The van der Waals surface area contributed by atoms with E-state index < -0.39 is 12.3 Å². The van der Waals surface area contributed by atoms with E-state index in [0.29, 0.717) is 11.3 Å². The van der Waals surface area contributed by atoms with Crippen LogP contribution < -0.4 is 9.47 Å². The largest absolute Gasteiger partial charge is 0.573 e. The summed E-state index contributed by atoms with van der Waals surface area (Å²) in [7, 11) is 0. The lowest BCUT2D eigenvalue weighted by molar-refractivity contribution is -0.274. The second-order valence-corrected chi connectivity index (χ2v) is 6.85. The fraction of sp³-hybridized carbons (Fsp3) is 0.0476. The van der Waals surface area contributed by atoms with Crippen molar-refractivity contribution in [1.82, 2.24) is 0 Å². The van der Waals surface area contributed by atoms with Gasteiger partial charge in [-0.2, -0.15) is 0 Å². The fourth-order valence-corrected chi connectivity index (χ4v) is 2.73. The minimum atomic E-state index is -4.79. The Balaban J connectivity index is 1.84. The lowest BCUT2D eigenvalue weighted by Gasteiger charge is -2.12. The number of carbonyl (C=O) groups is 1. The number of hydrogen-bond donors (Lipinski definition) is 1. The molecule has 0 fully saturated rings. The quantitative estimate of drug-likeness (QED) is 0.389. The molecule has 0 saturated heterocycles. The Morgan fingerprint density at radius 2 is 1.52 bits per heavy atom. The van der Waals surface area contributed by atoms with Crippen LogP contribution in [-0.4, -0.2) is 23.7 Å². The zero-order valence-electron chi connectivity index (χ0n) is 15.4. The zero-order valence-corrected chi connectivity index (χ0v) is 16.9. The monoisotopic (exact) mass is 469 g/mol. The Hall–Kier alpha value is -3.23. The summed E-state index contributed by atoms with van der Waals surface area (Å²) in [6.07, 6.45) is -3.35. The number of hydrogen-bond acceptors (Lipinski definition) is 4. The summed E-state index contributed by atoms with van der Waals surface area (Å²) in [6, 6.07) is 13.6. The summed E-state index contributed by atoms with van der Waals surface area (Å²) in [5.41, 5.74) is 1.04. The lowest BCUT2D eigenvalue weighted by Crippen LogP contribution is -2.16. The number of benzene rings is 3. The maximum absolute atomic E-state index is 12.3. The van der Waals surface area contributed by atoms with E-state index in [1.807, 2.05) is 0 Å². The van der Waals surface area contributed by atoms with Crippen LogP contribution in [-0.2, 0) is 0 Å². The van der Waals surface area contributed by atoms with Crippen LogP contribution in [0.25, 0.3) is 0 Å². The van der Waals surface area contributed by atoms with Crippen LogP contribution >= 0.6 is 23.2 Å². The molecule has 0 aliphatic heterocycles. The molecule has 3 rings (SSSR count). The second-order valence-electron chi connectivity index (χ2n) is 6.04. The van der Waals surface area contributed by atoms with Crippen molar-refractivity contribution in [2.24, 2.45) is 4.99 Å². The number of carboxylic acids is 1. The third-order valence-corrected chi connectivity index (χ3v) is 4.53. The number of nitrogens with zero attached hydrogens (tertiary/aromatic N) is 1. The topological polar surface area (TPSA) is 68.1 Å². The van der Waals surface area contributed by atoms with Crippen LogP contribution in [0.3, 0.4) is 0 Å². The normalized spacial score (nSPS) is 11.5. The van der Waals surface area contributed by atoms with E-state index in [9.17, 15) is 18.0 Å². The van der Waals surface area contributed by atoms with E-state index in [1.54, 1.807) is 0 Å². The number of carboxylic acid groups (broad SMARTS) is 1. The molecule has 10 heteroatoms. The van der Waals surface area contributed by atoms with Gasteiger partial charge in [-0.3, -0.25) is 4.99 Å². The molecular weight excluding hydrogens is 458 g/mol. The van der Waals surface area contributed by atoms with Gasteiger partial charge in [0.25, 0.3) is 0 Å². The fourth-order valence-electron chi connectivity index (χ4n) is 2.40. The molecule has 0 radical (unpaired) electrons. The highest BCUT2D eigenvalue weighted by molar-refractivity contribution is 6.42. The van der Waals surface area contributed by atoms with Gasteiger partial charge in [0, 0.05) is 17.8 Å². The Morgan fingerprint density at radius 1 is 0.935 bits per heavy atom. The average Bonchev–Trinajstić information content (AvgIpc) is 2.70. The molecule has 0 unspecified atom stereocenters. The summed E-state index contributed by atoms with van der Waals surface area (Å²) in [6.45, 7) is 0. The van der Waals surface area contributed by atoms with Crippen molar-refractivity contribution in [2.45, 2.75) is 6.36 Å². The SMILES string of the molecule is O=C(O)c1ccc(N=Cc2cc(Cl)c(Cl)cc2Oc2ccc(OC(F)(F)F)cc2)cc1. The first-order chi connectivity index (χ1) is 14.6. The summed E-state index contributed by atoms with van der Waals surface area (Å²) < 4.78 is 46.4. The van der Waals surface area contributed by atoms with Crippen molar-refractivity contribution in [2.75, 3.05) is 0 Å². The molecule has 3 aromatic carbocycles. The van der Waals surface area contributed by atoms with Gasteiger partial charge in [0.15, 0.2) is 0 Å². The average molecular weight is 470 g/mol. The summed E-state index contributed by atoms with van der Waals surface area (Å²) in [5.74, 6) is -0.957. The van der Waals surface area contributed by atoms with Gasteiger partial charge in [0.05, 0.1) is 21.3 Å². The van der Waals surface area contributed by atoms with Crippen molar-refractivity contribution in [3.63, 3.8) is 0 Å². The molecule has 1 N–H and O–H groups in total. The van der Waals surface area contributed by atoms with Gasteiger partial charge in [0.1, 0.15) is 17.2 Å². The molecule has 160 valence electrons. The lowest BCUT2D eigenvalue weighted by atomic mass is 10.2. The Kier molecular flexibility index (Phi) is 6.72. The molecule has 0 amide bonds. The maximum atomic E-state index is 12.3. The van der Waals surface area contributed by atoms with E-state index >= 15 is 0 Å². The first kappa shape index (κ1) is 22.5. The molecule has 3 aromatic rings. The van der Waals surface area contributed by atoms with Crippen LogP contribution in [0.15, 0.2) is 65.7 Å². The van der Waals surface area contributed by atoms with E-state index in [-0.39, 0.29) is 32.9 Å². The van der Waals surface area contributed by atoms with E-state index in [4.69, 9.17) is 33.0 Å². The minimum Gasteiger partial charge on any atom is -0.478 e. The third-order valence-electron chi connectivity index (χ3n) is 3.80. The highest BCUT2D eigenvalue weighted by Gasteiger charge is 2.31. The summed E-state index contributed by atoms with van der Waals surface area (Å²) >= 11 is 12.1. The summed E-state index contributed by atoms with van der Waals surface area (Å²) in [5, 5.41) is 9.39. The predicted octanol–water partition coefficient (Wildman–Crippen LogP) is 7.13. The maximum Gasteiger partial charge on any atom is 0.573 e. The molecule has 0 heterocycles. The molecule has 0 saturated carbocycles. The highest BCUT2D eigenvalue weighted by atomic mass is 35.5. The molecule has 0 aliphatic carbocycles. The van der Waals surface area contributed by atoms with Gasteiger partial charge >= 0.3 is 12.3 Å². The van der Waals surface area contributed by atoms with Crippen LogP contribution in [0.4, 0.5) is 18.9 Å². The van der Waals surface area contributed by atoms with Crippen molar-refractivity contribution in [3.05, 3.63) is 81.8 Å². The van der Waals surface area contributed by atoms with Crippen molar-refractivity contribution in [1.29, 1.82) is 0 Å². The standard InChI is InChI=1S/C21H12Cl2F3NO4/c22-17-9-13(11-27-14-3-1-12(2-4-14)20(28)29)19(10-18(17)23)30-15-5-7-16(8-6-15)31-21(24,25)26/h1-11H,(H,28,29). The number of alkyl halides is 3. The predicted molar refractivity (Wildman–Crippen MR) is 110 cm³/mol. The highest BCUT2D eigenvalue weighted by Crippen LogP contribution is 2.34. The molecule has 0 atom stereocenters. The van der Waals surface area contributed by atoms with Crippen molar-refractivity contribution in [3.8, 4) is 17.2 Å². The molecule has 0 aromatic heterocycles. The minimum absolute atomic E-state index is 0.121. The van der Waals surface area contributed by atoms with Gasteiger partial charge in [-0.1, -0.05) is 23.2 Å². The molecule has 0 bridgehead atoms. The van der Waals surface area contributed by atoms with E-state index in [0.717, 1.165) is 12.1 Å². The first-order valence-electron chi connectivity index (χ1n) is 8.51. The van der Waals surface area contributed by atoms with Crippen molar-refractivity contribution >= 4 is 41.1 Å². The van der Waals surface area contributed by atoms with E-state index in [1.165, 1.54) is 54.7 Å². The number of halogens is 5. The van der Waals surface area contributed by atoms with Crippen LogP contribution in [0.2, 0.25) is 10.0 Å². The molecule has 0 aliphatic rings. The number of aromatic carboxylic acids is 1. The molecule has 31 heavy (non-hydrogen) atoms. The van der Waals surface area contributed by atoms with Crippen LogP contribution in [0, 0.1) is 0 Å². The first-order valence-corrected chi connectivity index (χ1v) is 9.26. The molecule has 5 nitrogen and oxygen atoms in total. The second kappa shape index (κ2) is 9.28. The van der Waals surface area contributed by atoms with Crippen LogP contribution in [0.5, 0.6) is 17.2 Å². The Morgan fingerprint density at radius 3 is 2.10 bits per heavy atom. The third kappa shape index (κ3) is 6.37. The number of aliphatic imine (C=N–C) groups is 1. The van der Waals surface area contributed by atoms with Gasteiger partial charge in [-0.05, 0) is 54.6 Å². The van der Waals surface area contributed by atoms with Crippen LogP contribution in [0.1, 0.15) is 15.9 Å². The van der Waals surface area contributed by atoms with Gasteiger partial charge in [0.2, 0.25) is 0 Å². The smallest absolute Gasteiger partial charge is 0.478 e. The summed E-state index contributed by atoms with van der Waals surface area (Å²) in [4.78, 5) is 15.2. The van der Waals surface area contributed by atoms with Gasteiger partial charge in [-0.25, -0.2) is 4.79 Å². The number of ether oxygens (including phenoxy) is 2. The Bertz CT molecular complexity index is 1120. The van der Waals surface area contributed by atoms with E-state index in [2.05, 4.69) is 9.73 Å². The van der Waals surface area contributed by atoms with Gasteiger partial charge < -0.3 is 14.6 Å².